The quantitative estimate of drug-likeness (QED) is 0.571. The van der Waals surface area contributed by atoms with Crippen LogP contribution >= 0.6 is 11.6 Å². The molecule has 0 saturated carbocycles. The van der Waals surface area contributed by atoms with Crippen molar-refractivity contribution in [2.75, 3.05) is 33.3 Å². The standard InChI is InChI=1S/C15H18ClFN2O2.C5H12O/c1-11(16)12-3-4-14(17)13(9-12)15(21)19-6-2-5-18(10-20)7-8-19;1-5(2,3)6-4/h3-4,9-11H,2,5-8H2,1H3;1-4H3. The zero-order valence-electron chi connectivity index (χ0n) is 16.8. The third kappa shape index (κ3) is 7.85. The Balaban J connectivity index is 0.000000527. The average Bonchev–Trinajstić information content (AvgIpc) is 2.87. The molecule has 2 rings (SSSR count). The van der Waals surface area contributed by atoms with Gasteiger partial charge in [0, 0.05) is 33.3 Å². The molecule has 1 fully saturated rings. The molecule has 1 aromatic rings. The summed E-state index contributed by atoms with van der Waals surface area (Å²) in [6.45, 7) is 9.86. The van der Waals surface area contributed by atoms with Crippen LogP contribution in [0, 0.1) is 5.82 Å². The van der Waals surface area contributed by atoms with Crippen LogP contribution in [0.4, 0.5) is 4.39 Å². The van der Waals surface area contributed by atoms with Gasteiger partial charge in [-0.2, -0.15) is 0 Å². The number of hydrogen-bond acceptors (Lipinski definition) is 3. The number of alkyl halides is 1. The monoisotopic (exact) mass is 400 g/mol. The van der Waals surface area contributed by atoms with E-state index in [4.69, 9.17) is 16.3 Å². The lowest BCUT2D eigenvalue weighted by Crippen LogP contribution is -2.35. The fourth-order valence-electron chi connectivity index (χ4n) is 2.37. The SMILES string of the molecule is CC(Cl)c1ccc(F)c(C(=O)N2CCCN(C=O)CC2)c1.COC(C)(C)C. The zero-order chi connectivity index (χ0) is 20.6. The van der Waals surface area contributed by atoms with Gasteiger partial charge >= 0.3 is 0 Å². The molecule has 1 saturated heterocycles. The summed E-state index contributed by atoms with van der Waals surface area (Å²) < 4.78 is 18.9. The topological polar surface area (TPSA) is 49.9 Å². The summed E-state index contributed by atoms with van der Waals surface area (Å²) in [6.07, 6.45) is 1.47. The first-order valence-corrected chi connectivity index (χ1v) is 9.50. The fraction of sp³-hybridized carbons (Fsp3) is 0.600. The maximum atomic E-state index is 13.9. The van der Waals surface area contributed by atoms with Gasteiger partial charge in [0.1, 0.15) is 5.82 Å². The number of nitrogens with zero attached hydrogens (tertiary/aromatic N) is 2. The van der Waals surface area contributed by atoms with Crippen molar-refractivity contribution < 1.29 is 18.7 Å². The van der Waals surface area contributed by atoms with E-state index in [0.29, 0.717) is 38.2 Å². The molecule has 0 aromatic heterocycles. The summed E-state index contributed by atoms with van der Waals surface area (Å²) in [5, 5.41) is -0.285. The van der Waals surface area contributed by atoms with Crippen LogP contribution in [0.15, 0.2) is 18.2 Å². The van der Waals surface area contributed by atoms with Gasteiger partial charge < -0.3 is 14.5 Å². The second-order valence-electron chi connectivity index (χ2n) is 7.46. The van der Waals surface area contributed by atoms with Crippen LogP contribution in [0.1, 0.15) is 55.4 Å². The minimum absolute atomic E-state index is 0.0413. The molecule has 0 radical (unpaired) electrons. The van der Waals surface area contributed by atoms with Gasteiger partial charge in [0.15, 0.2) is 0 Å². The Hall–Kier alpha value is -1.66. The molecular formula is C20H30ClFN2O3. The summed E-state index contributed by atoms with van der Waals surface area (Å²) in [6, 6.07) is 4.37. The van der Waals surface area contributed by atoms with Crippen LogP contribution in [0.5, 0.6) is 0 Å². The molecule has 7 heteroatoms. The zero-order valence-corrected chi connectivity index (χ0v) is 17.6. The van der Waals surface area contributed by atoms with Crippen LogP contribution in [0.2, 0.25) is 0 Å². The molecule has 5 nitrogen and oxygen atoms in total. The second-order valence-corrected chi connectivity index (χ2v) is 8.11. The van der Waals surface area contributed by atoms with E-state index >= 15 is 0 Å². The van der Waals surface area contributed by atoms with Crippen molar-refractivity contribution in [1.29, 1.82) is 0 Å². The Labute approximate surface area is 166 Å². The highest BCUT2D eigenvalue weighted by molar-refractivity contribution is 6.20. The molecule has 27 heavy (non-hydrogen) atoms. The van der Waals surface area contributed by atoms with Crippen LogP contribution in [0.25, 0.3) is 0 Å². The first kappa shape index (κ1) is 23.4. The molecule has 0 spiro atoms. The number of carbonyl (C=O) groups is 2. The highest BCUT2D eigenvalue weighted by Crippen LogP contribution is 2.23. The maximum absolute atomic E-state index is 13.9. The molecule has 0 bridgehead atoms. The number of benzene rings is 1. The van der Waals surface area contributed by atoms with Crippen molar-refractivity contribution in [3.05, 3.63) is 35.1 Å². The molecule has 1 atom stereocenters. The molecule has 1 aliphatic rings. The largest absolute Gasteiger partial charge is 0.379 e. The molecule has 0 N–H and O–H groups in total. The van der Waals surface area contributed by atoms with Crippen LogP contribution in [-0.2, 0) is 9.53 Å². The Bertz CT molecular complexity index is 632. The van der Waals surface area contributed by atoms with E-state index in [9.17, 15) is 14.0 Å². The highest BCUT2D eigenvalue weighted by Gasteiger charge is 2.22. The highest BCUT2D eigenvalue weighted by atomic mass is 35.5. The van der Waals surface area contributed by atoms with Crippen molar-refractivity contribution in [2.24, 2.45) is 0 Å². The van der Waals surface area contributed by atoms with Gasteiger partial charge in [0.2, 0.25) is 6.41 Å². The van der Waals surface area contributed by atoms with Crippen molar-refractivity contribution in [1.82, 2.24) is 9.80 Å². The first-order chi connectivity index (χ1) is 12.6. The molecular weight excluding hydrogens is 371 g/mol. The van der Waals surface area contributed by atoms with Gasteiger partial charge in [-0.25, -0.2) is 4.39 Å². The van der Waals surface area contributed by atoms with Crippen LogP contribution in [0.3, 0.4) is 0 Å². The summed E-state index contributed by atoms with van der Waals surface area (Å²) in [5.41, 5.74) is 0.797. The number of ether oxygens (including phenoxy) is 1. The molecule has 1 heterocycles. The minimum atomic E-state index is -0.544. The molecule has 152 valence electrons. The Kier molecular flexibility index (Phi) is 9.19. The smallest absolute Gasteiger partial charge is 0.256 e. The Morgan fingerprint density at radius 3 is 2.41 bits per heavy atom. The van der Waals surface area contributed by atoms with Gasteiger partial charge in [-0.05, 0) is 51.8 Å². The van der Waals surface area contributed by atoms with Gasteiger partial charge in [-0.3, -0.25) is 9.59 Å². The van der Waals surface area contributed by atoms with Crippen molar-refractivity contribution >= 4 is 23.9 Å². The van der Waals surface area contributed by atoms with E-state index in [-0.39, 0.29) is 22.4 Å². The van der Waals surface area contributed by atoms with Gasteiger partial charge in [0.05, 0.1) is 16.5 Å². The Morgan fingerprint density at radius 1 is 1.26 bits per heavy atom. The van der Waals surface area contributed by atoms with Crippen molar-refractivity contribution in [3.63, 3.8) is 0 Å². The van der Waals surface area contributed by atoms with Gasteiger partial charge in [-0.1, -0.05) is 6.07 Å². The van der Waals surface area contributed by atoms with E-state index < -0.39 is 5.82 Å². The predicted octanol–water partition coefficient (Wildman–Crippen LogP) is 3.86. The minimum Gasteiger partial charge on any atom is -0.379 e. The van der Waals surface area contributed by atoms with Gasteiger partial charge in [0.25, 0.3) is 5.91 Å². The van der Waals surface area contributed by atoms with E-state index in [0.717, 1.165) is 6.41 Å². The summed E-state index contributed by atoms with van der Waals surface area (Å²) >= 11 is 5.99. The number of halogens is 2. The number of methoxy groups -OCH3 is 1. The maximum Gasteiger partial charge on any atom is 0.256 e. The number of amides is 2. The predicted molar refractivity (Wildman–Crippen MR) is 106 cm³/mol. The molecule has 2 amide bonds. The van der Waals surface area contributed by atoms with Crippen molar-refractivity contribution in [3.8, 4) is 0 Å². The van der Waals surface area contributed by atoms with Crippen LogP contribution < -0.4 is 0 Å². The third-order valence-corrected chi connectivity index (χ3v) is 4.51. The summed E-state index contributed by atoms with van der Waals surface area (Å²) in [7, 11) is 1.71. The lowest BCUT2D eigenvalue weighted by Gasteiger charge is -2.21. The third-order valence-electron chi connectivity index (χ3n) is 4.26. The first-order valence-electron chi connectivity index (χ1n) is 9.06. The Morgan fingerprint density at radius 2 is 1.89 bits per heavy atom. The fourth-order valence-corrected chi connectivity index (χ4v) is 2.51. The molecule has 0 aliphatic carbocycles. The number of rotatable bonds is 3. The lowest BCUT2D eigenvalue weighted by molar-refractivity contribution is -0.118. The normalized spacial score (nSPS) is 16.1. The van der Waals surface area contributed by atoms with Gasteiger partial charge in [-0.15, -0.1) is 11.6 Å². The molecule has 1 aromatic carbocycles. The molecule has 1 unspecified atom stereocenters. The van der Waals surface area contributed by atoms with E-state index in [1.807, 2.05) is 20.8 Å². The summed E-state index contributed by atoms with van der Waals surface area (Å²) in [5.74, 6) is -0.892. The van der Waals surface area contributed by atoms with E-state index in [1.165, 1.54) is 12.1 Å². The average molecular weight is 401 g/mol. The summed E-state index contributed by atoms with van der Waals surface area (Å²) in [4.78, 5) is 26.5. The van der Waals surface area contributed by atoms with Crippen LogP contribution in [-0.4, -0.2) is 61.0 Å². The van der Waals surface area contributed by atoms with Crippen molar-refractivity contribution in [2.45, 2.75) is 45.1 Å². The lowest BCUT2D eigenvalue weighted by atomic mass is 10.1. The van der Waals surface area contributed by atoms with E-state index in [2.05, 4.69) is 0 Å². The number of hydrogen-bond donors (Lipinski definition) is 0. The second kappa shape index (κ2) is 10.6. The number of carbonyl (C=O) groups excluding carboxylic acids is 2. The molecule has 1 aliphatic heterocycles. The van der Waals surface area contributed by atoms with E-state index in [1.54, 1.807) is 29.9 Å².